The standard InChI is InChI=1S/C17H19N3O3S2/c1-25(22,23)20-14-9-7-12(8-10-14)15-11-24-17(18-15)19-16(21)13-5-3-2-4-6-13/h2-3,7-11,13,20H,4-6H2,1H3,(H,18,19,21)/t13-/m1/s1. The zero-order chi connectivity index (χ0) is 17.9. The maximum Gasteiger partial charge on any atom is 0.229 e. The fraction of sp³-hybridized carbons (Fsp3) is 0.294. The molecule has 1 aliphatic carbocycles. The number of aromatic nitrogens is 1. The number of thiazole rings is 1. The van der Waals surface area contributed by atoms with E-state index in [1.807, 2.05) is 11.5 Å². The normalized spacial score (nSPS) is 17.2. The second-order valence-electron chi connectivity index (χ2n) is 5.96. The number of allylic oxidation sites excluding steroid dienone is 2. The molecule has 0 bridgehead atoms. The molecule has 0 fully saturated rings. The molecular formula is C17H19N3O3S2. The Morgan fingerprint density at radius 1 is 1.24 bits per heavy atom. The minimum atomic E-state index is -3.29. The minimum absolute atomic E-state index is 0.0120. The first kappa shape index (κ1) is 17.6. The summed E-state index contributed by atoms with van der Waals surface area (Å²) in [6.45, 7) is 0. The molecule has 6 nitrogen and oxygen atoms in total. The van der Waals surface area contributed by atoms with Crippen molar-refractivity contribution in [1.82, 2.24) is 4.98 Å². The molecule has 0 aliphatic heterocycles. The van der Waals surface area contributed by atoms with Crippen molar-refractivity contribution in [3.05, 3.63) is 41.8 Å². The second-order valence-corrected chi connectivity index (χ2v) is 8.57. The topological polar surface area (TPSA) is 88.2 Å². The number of sulfonamides is 1. The van der Waals surface area contributed by atoms with Crippen LogP contribution in [0.15, 0.2) is 41.8 Å². The number of anilines is 2. The molecule has 1 aliphatic rings. The molecule has 0 saturated heterocycles. The van der Waals surface area contributed by atoms with Gasteiger partial charge in [0.05, 0.1) is 11.9 Å². The van der Waals surface area contributed by atoms with E-state index in [0.717, 1.165) is 36.8 Å². The summed E-state index contributed by atoms with van der Waals surface area (Å²) in [5.74, 6) is 0.0247. The first-order chi connectivity index (χ1) is 11.9. The van der Waals surface area contributed by atoms with Crippen molar-refractivity contribution in [3.8, 4) is 11.3 Å². The van der Waals surface area contributed by atoms with Crippen LogP contribution in [-0.4, -0.2) is 25.6 Å². The molecule has 2 aromatic rings. The second kappa shape index (κ2) is 7.37. The van der Waals surface area contributed by atoms with Gasteiger partial charge in [-0.05, 0) is 31.4 Å². The van der Waals surface area contributed by atoms with E-state index in [9.17, 15) is 13.2 Å². The van der Waals surface area contributed by atoms with Crippen molar-refractivity contribution in [3.63, 3.8) is 0 Å². The first-order valence-corrected chi connectivity index (χ1v) is 10.7. The van der Waals surface area contributed by atoms with E-state index >= 15 is 0 Å². The number of carbonyl (C=O) groups is 1. The summed E-state index contributed by atoms with van der Waals surface area (Å²) >= 11 is 1.38. The number of hydrogen-bond acceptors (Lipinski definition) is 5. The van der Waals surface area contributed by atoms with E-state index in [-0.39, 0.29) is 11.8 Å². The predicted molar refractivity (Wildman–Crippen MR) is 101 cm³/mol. The smallest absolute Gasteiger partial charge is 0.229 e. The van der Waals surface area contributed by atoms with Gasteiger partial charge in [0.25, 0.3) is 0 Å². The number of nitrogens with zero attached hydrogens (tertiary/aromatic N) is 1. The molecule has 1 amide bonds. The van der Waals surface area contributed by atoms with Gasteiger partial charge in [0.15, 0.2) is 5.13 Å². The van der Waals surface area contributed by atoms with Gasteiger partial charge in [0.1, 0.15) is 0 Å². The first-order valence-electron chi connectivity index (χ1n) is 7.90. The van der Waals surface area contributed by atoms with E-state index in [1.54, 1.807) is 24.3 Å². The third-order valence-corrected chi connectivity index (χ3v) is 5.22. The van der Waals surface area contributed by atoms with Crippen LogP contribution in [0.5, 0.6) is 0 Å². The Labute approximate surface area is 151 Å². The van der Waals surface area contributed by atoms with E-state index < -0.39 is 10.0 Å². The van der Waals surface area contributed by atoms with Crippen molar-refractivity contribution in [2.45, 2.75) is 19.3 Å². The van der Waals surface area contributed by atoms with Gasteiger partial charge in [-0.3, -0.25) is 9.52 Å². The van der Waals surface area contributed by atoms with Crippen LogP contribution in [0.25, 0.3) is 11.3 Å². The van der Waals surface area contributed by atoms with Gasteiger partial charge < -0.3 is 5.32 Å². The predicted octanol–water partition coefficient (Wildman–Crippen LogP) is 3.48. The average molecular weight is 377 g/mol. The zero-order valence-electron chi connectivity index (χ0n) is 13.7. The molecule has 1 atom stereocenters. The van der Waals surface area contributed by atoms with Gasteiger partial charge >= 0.3 is 0 Å². The van der Waals surface area contributed by atoms with Crippen molar-refractivity contribution in [1.29, 1.82) is 0 Å². The van der Waals surface area contributed by atoms with Crippen LogP contribution in [0, 0.1) is 5.92 Å². The summed E-state index contributed by atoms with van der Waals surface area (Å²) in [4.78, 5) is 16.7. The maximum atomic E-state index is 12.2. The number of rotatable bonds is 5. The number of carbonyl (C=O) groups excluding carboxylic acids is 1. The molecule has 1 heterocycles. The van der Waals surface area contributed by atoms with Crippen LogP contribution >= 0.6 is 11.3 Å². The quantitative estimate of drug-likeness (QED) is 0.781. The lowest BCUT2D eigenvalue weighted by atomic mass is 9.94. The van der Waals surface area contributed by atoms with E-state index in [0.29, 0.717) is 10.8 Å². The fourth-order valence-corrected chi connectivity index (χ4v) is 3.91. The maximum absolute atomic E-state index is 12.2. The summed E-state index contributed by atoms with van der Waals surface area (Å²) in [6, 6.07) is 6.95. The van der Waals surface area contributed by atoms with Crippen LogP contribution in [0.3, 0.4) is 0 Å². The highest BCUT2D eigenvalue weighted by atomic mass is 32.2. The molecule has 0 spiro atoms. The molecule has 0 radical (unpaired) electrons. The minimum Gasteiger partial charge on any atom is -0.302 e. The van der Waals surface area contributed by atoms with Crippen LogP contribution < -0.4 is 10.0 Å². The average Bonchev–Trinajstić information content (AvgIpc) is 3.03. The van der Waals surface area contributed by atoms with Crippen molar-refractivity contribution in [2.24, 2.45) is 5.92 Å². The lowest BCUT2D eigenvalue weighted by Gasteiger charge is -2.15. The Morgan fingerprint density at radius 2 is 2.00 bits per heavy atom. The SMILES string of the molecule is CS(=O)(=O)Nc1ccc(-c2csc(NC(=O)[C@@H]3CC=CCC3)n2)cc1. The molecule has 1 aromatic heterocycles. The molecule has 132 valence electrons. The van der Waals surface area contributed by atoms with Gasteiger partial charge in [0, 0.05) is 22.5 Å². The number of benzene rings is 1. The summed E-state index contributed by atoms with van der Waals surface area (Å²) in [5.41, 5.74) is 2.10. The zero-order valence-corrected chi connectivity index (χ0v) is 15.4. The monoisotopic (exact) mass is 377 g/mol. The fourth-order valence-electron chi connectivity index (χ4n) is 2.63. The Bertz CT molecular complexity index is 886. The Morgan fingerprint density at radius 3 is 2.64 bits per heavy atom. The molecule has 0 saturated carbocycles. The van der Waals surface area contributed by atoms with Gasteiger partial charge in [-0.15, -0.1) is 11.3 Å². The lowest BCUT2D eigenvalue weighted by Crippen LogP contribution is -2.23. The number of nitrogens with one attached hydrogen (secondary N) is 2. The third kappa shape index (κ3) is 4.90. The molecule has 25 heavy (non-hydrogen) atoms. The van der Waals surface area contributed by atoms with Crippen molar-refractivity contribution in [2.75, 3.05) is 16.3 Å². The molecule has 8 heteroatoms. The van der Waals surface area contributed by atoms with Gasteiger partial charge in [-0.25, -0.2) is 13.4 Å². The number of hydrogen-bond donors (Lipinski definition) is 2. The molecule has 1 aromatic carbocycles. The van der Waals surface area contributed by atoms with E-state index in [4.69, 9.17) is 0 Å². The molecule has 2 N–H and O–H groups in total. The van der Waals surface area contributed by atoms with Crippen LogP contribution in [0.4, 0.5) is 10.8 Å². The van der Waals surface area contributed by atoms with E-state index in [1.165, 1.54) is 11.3 Å². The summed E-state index contributed by atoms with van der Waals surface area (Å²) < 4.78 is 24.9. The van der Waals surface area contributed by atoms with Crippen molar-refractivity contribution >= 4 is 38.1 Å². The van der Waals surface area contributed by atoms with Crippen LogP contribution in [-0.2, 0) is 14.8 Å². The summed E-state index contributed by atoms with van der Waals surface area (Å²) in [7, 11) is -3.29. The van der Waals surface area contributed by atoms with Gasteiger partial charge in [0.2, 0.25) is 15.9 Å². The number of amides is 1. The molecular weight excluding hydrogens is 358 g/mol. The molecule has 3 rings (SSSR count). The largest absolute Gasteiger partial charge is 0.302 e. The summed E-state index contributed by atoms with van der Waals surface area (Å²) in [6.07, 6.45) is 7.85. The molecule has 0 unspecified atom stereocenters. The third-order valence-electron chi connectivity index (χ3n) is 3.86. The van der Waals surface area contributed by atoms with Gasteiger partial charge in [-0.1, -0.05) is 24.3 Å². The van der Waals surface area contributed by atoms with E-state index in [2.05, 4.69) is 21.1 Å². The van der Waals surface area contributed by atoms with Crippen molar-refractivity contribution < 1.29 is 13.2 Å². The highest BCUT2D eigenvalue weighted by Gasteiger charge is 2.19. The Kier molecular flexibility index (Phi) is 5.19. The lowest BCUT2D eigenvalue weighted by molar-refractivity contribution is -0.120. The Balaban J connectivity index is 1.66. The summed E-state index contributed by atoms with van der Waals surface area (Å²) in [5, 5.41) is 5.33. The highest BCUT2D eigenvalue weighted by molar-refractivity contribution is 7.92. The van der Waals surface area contributed by atoms with Crippen LogP contribution in [0.2, 0.25) is 0 Å². The van der Waals surface area contributed by atoms with Crippen LogP contribution in [0.1, 0.15) is 19.3 Å². The van der Waals surface area contributed by atoms with Gasteiger partial charge in [-0.2, -0.15) is 0 Å². The highest BCUT2D eigenvalue weighted by Crippen LogP contribution is 2.27. The Hall–Kier alpha value is -2.19.